The minimum atomic E-state index is -0.142. The summed E-state index contributed by atoms with van der Waals surface area (Å²) in [4.78, 5) is 0. The Balaban J connectivity index is 1.55. The van der Waals surface area contributed by atoms with E-state index >= 15 is 0 Å². The first-order chi connectivity index (χ1) is 16.6. The molecule has 0 aromatic heterocycles. The zero-order valence-corrected chi connectivity index (χ0v) is 19.0. The number of rotatable bonds is 9. The minimum absolute atomic E-state index is 0.142. The van der Waals surface area contributed by atoms with Crippen molar-refractivity contribution in [2.24, 2.45) is 0 Å². The van der Waals surface area contributed by atoms with E-state index in [1.165, 1.54) is 0 Å². The molecule has 4 aromatic rings. The first-order valence-electron chi connectivity index (χ1n) is 11.7. The summed E-state index contributed by atoms with van der Waals surface area (Å²) in [7, 11) is 0. The third kappa shape index (κ3) is 5.18. The second-order valence-corrected chi connectivity index (χ2v) is 8.62. The fourth-order valence-electron chi connectivity index (χ4n) is 4.78. The third-order valence-electron chi connectivity index (χ3n) is 6.48. The highest BCUT2D eigenvalue weighted by atomic mass is 16.3. The topological polar surface area (TPSA) is 80.9 Å². The molecule has 174 valence electrons. The normalized spacial score (nSPS) is 11.2. The lowest BCUT2D eigenvalue weighted by molar-refractivity contribution is 0.440. The number of aromatic hydroxyl groups is 4. The van der Waals surface area contributed by atoms with Crippen LogP contribution in [0.3, 0.4) is 0 Å². The minimum Gasteiger partial charge on any atom is -0.508 e. The van der Waals surface area contributed by atoms with Crippen molar-refractivity contribution in [2.75, 3.05) is 0 Å². The summed E-state index contributed by atoms with van der Waals surface area (Å²) in [5, 5.41) is 42.0. The molecule has 0 saturated carbocycles. The summed E-state index contributed by atoms with van der Waals surface area (Å²) in [6, 6.07) is 29.1. The van der Waals surface area contributed by atoms with Crippen molar-refractivity contribution in [3.8, 4) is 23.0 Å². The average molecular weight is 455 g/mol. The SMILES string of the molecule is Oc1ccccc1C(CCCCC(c1ccccc1O)c1ccccc1O)c1ccccc1O. The number of benzene rings is 4. The zero-order chi connectivity index (χ0) is 23.9. The van der Waals surface area contributed by atoms with Gasteiger partial charge in [-0.1, -0.05) is 85.6 Å². The highest BCUT2D eigenvalue weighted by molar-refractivity contribution is 5.47. The van der Waals surface area contributed by atoms with Gasteiger partial charge in [0.2, 0.25) is 0 Å². The van der Waals surface area contributed by atoms with E-state index in [4.69, 9.17) is 0 Å². The second kappa shape index (κ2) is 10.8. The second-order valence-electron chi connectivity index (χ2n) is 8.62. The molecule has 0 radical (unpaired) electrons. The summed E-state index contributed by atoms with van der Waals surface area (Å²) < 4.78 is 0. The predicted molar refractivity (Wildman–Crippen MR) is 135 cm³/mol. The van der Waals surface area contributed by atoms with Crippen molar-refractivity contribution < 1.29 is 20.4 Å². The molecule has 0 aliphatic carbocycles. The van der Waals surface area contributed by atoms with Crippen molar-refractivity contribution in [3.63, 3.8) is 0 Å². The van der Waals surface area contributed by atoms with Crippen LogP contribution in [0.25, 0.3) is 0 Å². The summed E-state index contributed by atoms with van der Waals surface area (Å²) in [6.45, 7) is 0. The molecule has 0 spiro atoms. The third-order valence-corrected chi connectivity index (χ3v) is 6.48. The number of para-hydroxylation sites is 4. The van der Waals surface area contributed by atoms with Crippen molar-refractivity contribution in [2.45, 2.75) is 37.5 Å². The van der Waals surface area contributed by atoms with Gasteiger partial charge in [0.1, 0.15) is 23.0 Å². The molecule has 0 heterocycles. The Morgan fingerprint density at radius 1 is 0.382 bits per heavy atom. The van der Waals surface area contributed by atoms with Crippen LogP contribution in [-0.4, -0.2) is 20.4 Å². The quantitative estimate of drug-likeness (QED) is 0.205. The lowest BCUT2D eigenvalue weighted by atomic mass is 9.83. The van der Waals surface area contributed by atoms with Crippen molar-refractivity contribution in [3.05, 3.63) is 119 Å². The maximum atomic E-state index is 10.5. The Kier molecular flexibility index (Phi) is 7.38. The first-order valence-corrected chi connectivity index (χ1v) is 11.7. The fourth-order valence-corrected chi connectivity index (χ4v) is 4.78. The van der Waals surface area contributed by atoms with E-state index in [0.717, 1.165) is 47.9 Å². The van der Waals surface area contributed by atoms with Crippen LogP contribution in [-0.2, 0) is 0 Å². The van der Waals surface area contributed by atoms with Gasteiger partial charge >= 0.3 is 0 Å². The van der Waals surface area contributed by atoms with E-state index in [9.17, 15) is 20.4 Å². The standard InChI is InChI=1S/C30H30O4/c31-27-17-7-3-13-23(27)21(24-14-4-8-18-28(24)32)11-1-2-12-22(25-15-5-9-19-29(25)33)26-16-6-10-20-30(26)34/h3-10,13-22,31-34H,1-2,11-12H2. The van der Waals surface area contributed by atoms with Gasteiger partial charge in [-0.2, -0.15) is 0 Å². The van der Waals surface area contributed by atoms with Crippen LogP contribution in [0.4, 0.5) is 0 Å². The smallest absolute Gasteiger partial charge is 0.119 e. The van der Waals surface area contributed by atoms with Crippen LogP contribution in [0.1, 0.15) is 59.8 Å². The highest BCUT2D eigenvalue weighted by Gasteiger charge is 2.22. The molecular weight excluding hydrogens is 424 g/mol. The van der Waals surface area contributed by atoms with Crippen LogP contribution in [0, 0.1) is 0 Å². The maximum Gasteiger partial charge on any atom is 0.119 e. The van der Waals surface area contributed by atoms with Gasteiger partial charge in [0.25, 0.3) is 0 Å². The van der Waals surface area contributed by atoms with Gasteiger partial charge in [0.05, 0.1) is 0 Å². The van der Waals surface area contributed by atoms with E-state index < -0.39 is 0 Å². The van der Waals surface area contributed by atoms with Crippen LogP contribution >= 0.6 is 0 Å². The Morgan fingerprint density at radius 3 is 0.853 bits per heavy atom. The number of hydrogen-bond donors (Lipinski definition) is 4. The molecule has 0 saturated heterocycles. The number of phenolic OH excluding ortho intramolecular Hbond substituents is 4. The van der Waals surface area contributed by atoms with Crippen LogP contribution in [0.15, 0.2) is 97.1 Å². The molecule has 0 bridgehead atoms. The van der Waals surface area contributed by atoms with Gasteiger partial charge < -0.3 is 20.4 Å². The molecule has 0 fully saturated rings. The van der Waals surface area contributed by atoms with Gasteiger partial charge in [-0.25, -0.2) is 0 Å². The van der Waals surface area contributed by atoms with E-state index in [-0.39, 0.29) is 34.8 Å². The fraction of sp³-hybridized carbons (Fsp3) is 0.200. The highest BCUT2D eigenvalue weighted by Crippen LogP contribution is 2.41. The Bertz CT molecular complexity index is 1050. The van der Waals surface area contributed by atoms with Crippen LogP contribution in [0.5, 0.6) is 23.0 Å². The molecule has 4 rings (SSSR count). The molecule has 0 amide bonds. The van der Waals surface area contributed by atoms with E-state index in [1.807, 2.05) is 48.5 Å². The van der Waals surface area contributed by atoms with Crippen LogP contribution in [0.2, 0.25) is 0 Å². The lowest BCUT2D eigenvalue weighted by Gasteiger charge is -2.22. The predicted octanol–water partition coefficient (Wildman–Crippen LogP) is 7.03. The molecule has 0 atom stereocenters. The average Bonchev–Trinajstić information content (AvgIpc) is 2.84. The Labute approximate surface area is 200 Å². The van der Waals surface area contributed by atoms with Gasteiger partial charge in [0, 0.05) is 34.1 Å². The number of unbranched alkanes of at least 4 members (excludes halogenated alkanes) is 1. The summed E-state index contributed by atoms with van der Waals surface area (Å²) in [6.07, 6.45) is 3.16. The van der Waals surface area contributed by atoms with E-state index in [0.29, 0.717) is 0 Å². The Hall–Kier alpha value is -3.92. The first kappa shape index (κ1) is 23.2. The molecule has 4 aromatic carbocycles. The largest absolute Gasteiger partial charge is 0.508 e. The van der Waals surface area contributed by atoms with E-state index in [2.05, 4.69) is 0 Å². The van der Waals surface area contributed by atoms with Crippen LogP contribution < -0.4 is 0 Å². The number of phenols is 4. The molecule has 0 aliphatic heterocycles. The van der Waals surface area contributed by atoms with Crippen molar-refractivity contribution >= 4 is 0 Å². The molecule has 4 N–H and O–H groups in total. The summed E-state index contributed by atoms with van der Waals surface area (Å²) in [5.74, 6) is 0.593. The molecule has 0 unspecified atom stereocenters. The Morgan fingerprint density at radius 2 is 0.618 bits per heavy atom. The van der Waals surface area contributed by atoms with Gasteiger partial charge in [-0.3, -0.25) is 0 Å². The molecule has 4 heteroatoms. The summed E-state index contributed by atoms with van der Waals surface area (Å²) >= 11 is 0. The lowest BCUT2D eigenvalue weighted by Crippen LogP contribution is -2.05. The van der Waals surface area contributed by atoms with Gasteiger partial charge in [-0.05, 0) is 37.1 Å². The molecule has 34 heavy (non-hydrogen) atoms. The van der Waals surface area contributed by atoms with Gasteiger partial charge in [-0.15, -0.1) is 0 Å². The molecule has 4 nitrogen and oxygen atoms in total. The van der Waals surface area contributed by atoms with Crippen molar-refractivity contribution in [1.82, 2.24) is 0 Å². The number of hydrogen-bond acceptors (Lipinski definition) is 4. The van der Waals surface area contributed by atoms with Gasteiger partial charge in [0.15, 0.2) is 0 Å². The maximum absolute atomic E-state index is 10.5. The summed E-state index contributed by atoms with van der Waals surface area (Å²) in [5.41, 5.74) is 3.17. The molecular formula is C30H30O4. The monoisotopic (exact) mass is 454 g/mol. The zero-order valence-electron chi connectivity index (χ0n) is 19.0. The van der Waals surface area contributed by atoms with Crippen molar-refractivity contribution in [1.29, 1.82) is 0 Å². The van der Waals surface area contributed by atoms with E-state index in [1.54, 1.807) is 48.5 Å². The molecule has 0 aliphatic rings.